The van der Waals surface area contributed by atoms with Gasteiger partial charge in [-0.25, -0.2) is 0 Å². The Labute approximate surface area is 129 Å². The number of amides is 1. The number of nitrogens with two attached hydrogens (primary N) is 1. The van der Waals surface area contributed by atoms with Crippen LogP contribution in [0, 0.1) is 0 Å². The van der Waals surface area contributed by atoms with Crippen LogP contribution in [0.1, 0.15) is 49.2 Å². The molecule has 0 unspecified atom stereocenters. The molecule has 0 aromatic carbocycles. The van der Waals surface area contributed by atoms with Gasteiger partial charge in [-0.3, -0.25) is 4.79 Å². The van der Waals surface area contributed by atoms with Crippen LogP contribution in [0.2, 0.25) is 0 Å². The van der Waals surface area contributed by atoms with Crippen molar-refractivity contribution in [2.75, 3.05) is 30.4 Å². The Morgan fingerprint density at radius 2 is 2.00 bits per heavy atom. The number of carbonyl (C=O) groups is 1. The number of rotatable bonds is 9. The van der Waals surface area contributed by atoms with Gasteiger partial charge >= 0.3 is 0 Å². The molecule has 0 bridgehead atoms. The third-order valence-electron chi connectivity index (χ3n) is 2.91. The molecule has 1 aromatic heterocycles. The predicted octanol–water partition coefficient (Wildman–Crippen LogP) is 3.79. The van der Waals surface area contributed by atoms with Crippen molar-refractivity contribution in [3.05, 3.63) is 4.88 Å². The number of hydrogen-bond donors (Lipinski definition) is 3. The minimum Gasteiger partial charge on any atom is -0.396 e. The molecule has 0 spiro atoms. The smallest absolute Gasteiger partial charge is 0.263 e. The van der Waals surface area contributed by atoms with Crippen molar-refractivity contribution in [2.24, 2.45) is 0 Å². The number of thiophene rings is 1. The fourth-order valence-corrected chi connectivity index (χ4v) is 3.79. The molecular formula is C14H25N3OS2. The molecule has 1 heterocycles. The molecule has 1 amide bonds. The van der Waals surface area contributed by atoms with Gasteiger partial charge in [0, 0.05) is 13.1 Å². The molecule has 0 radical (unpaired) electrons. The molecular weight excluding hydrogens is 290 g/mol. The van der Waals surface area contributed by atoms with E-state index < -0.39 is 0 Å². The number of thioether (sulfide) groups is 1. The third kappa shape index (κ3) is 4.59. The van der Waals surface area contributed by atoms with Crippen LogP contribution in [0.4, 0.5) is 10.7 Å². The number of hydrogen-bond acceptors (Lipinski definition) is 5. The largest absolute Gasteiger partial charge is 0.396 e. The molecule has 0 atom stereocenters. The van der Waals surface area contributed by atoms with Gasteiger partial charge in [-0.1, -0.05) is 26.7 Å². The molecule has 20 heavy (non-hydrogen) atoms. The van der Waals surface area contributed by atoms with Crippen molar-refractivity contribution < 1.29 is 4.79 Å². The van der Waals surface area contributed by atoms with Gasteiger partial charge in [0.05, 0.1) is 10.6 Å². The summed E-state index contributed by atoms with van der Waals surface area (Å²) < 4.78 is 0. The van der Waals surface area contributed by atoms with Crippen molar-refractivity contribution in [2.45, 2.75) is 44.4 Å². The van der Waals surface area contributed by atoms with Crippen LogP contribution in [0.3, 0.4) is 0 Å². The lowest BCUT2D eigenvalue weighted by atomic mass is 10.2. The summed E-state index contributed by atoms with van der Waals surface area (Å²) in [6.07, 6.45) is 6.47. The maximum atomic E-state index is 12.1. The van der Waals surface area contributed by atoms with Crippen LogP contribution < -0.4 is 16.4 Å². The fraction of sp³-hybridized carbons (Fsp3) is 0.643. The highest BCUT2D eigenvalue weighted by molar-refractivity contribution is 7.99. The molecule has 0 fully saturated rings. The Balaban J connectivity index is 2.77. The first-order valence-corrected chi connectivity index (χ1v) is 9.18. The summed E-state index contributed by atoms with van der Waals surface area (Å²) in [5.41, 5.74) is 6.71. The highest BCUT2D eigenvalue weighted by Gasteiger charge is 2.20. The molecule has 0 aliphatic rings. The second-order valence-corrected chi connectivity index (χ2v) is 6.43. The van der Waals surface area contributed by atoms with Crippen LogP contribution >= 0.6 is 23.1 Å². The van der Waals surface area contributed by atoms with Crippen LogP contribution in [0.25, 0.3) is 0 Å². The van der Waals surface area contributed by atoms with Crippen LogP contribution in [0.5, 0.6) is 0 Å². The number of nitrogens with one attached hydrogen (secondary N) is 2. The summed E-state index contributed by atoms with van der Waals surface area (Å²) in [5.74, 6) is -0.0636. The van der Waals surface area contributed by atoms with Gasteiger partial charge in [0.2, 0.25) is 0 Å². The zero-order valence-corrected chi connectivity index (χ0v) is 14.2. The monoisotopic (exact) mass is 315 g/mol. The first kappa shape index (κ1) is 17.2. The standard InChI is InChI=1S/C14H25N3OS2/c1-4-6-7-9-17-14-12(19-3)10(15)11(20-14)13(18)16-8-5-2/h17H,4-9,15H2,1-3H3,(H,16,18). The average molecular weight is 316 g/mol. The first-order chi connectivity index (χ1) is 9.65. The third-order valence-corrected chi connectivity index (χ3v) is 5.03. The molecule has 0 saturated carbocycles. The number of anilines is 2. The van der Waals surface area contributed by atoms with Gasteiger partial charge in [0.15, 0.2) is 0 Å². The molecule has 0 aliphatic carbocycles. The van der Waals surface area contributed by atoms with Gasteiger partial charge in [-0.15, -0.1) is 23.1 Å². The second-order valence-electron chi connectivity index (χ2n) is 4.60. The molecule has 6 heteroatoms. The summed E-state index contributed by atoms with van der Waals surface area (Å²) in [6.45, 7) is 5.83. The van der Waals surface area contributed by atoms with Crippen LogP contribution in [-0.4, -0.2) is 25.3 Å². The average Bonchev–Trinajstić information content (AvgIpc) is 2.77. The highest BCUT2D eigenvalue weighted by atomic mass is 32.2. The summed E-state index contributed by atoms with van der Waals surface area (Å²) in [6, 6.07) is 0. The molecule has 0 aliphatic heterocycles. The van der Waals surface area contributed by atoms with Crippen LogP contribution in [-0.2, 0) is 0 Å². The lowest BCUT2D eigenvalue weighted by Gasteiger charge is -2.05. The van der Waals surface area contributed by atoms with E-state index in [1.807, 2.05) is 13.2 Å². The van der Waals surface area contributed by atoms with Gasteiger partial charge in [0.1, 0.15) is 9.88 Å². The number of nitrogen functional groups attached to an aromatic ring is 1. The van der Waals surface area contributed by atoms with Crippen molar-refractivity contribution in [1.82, 2.24) is 5.32 Å². The Morgan fingerprint density at radius 3 is 2.60 bits per heavy atom. The fourth-order valence-electron chi connectivity index (χ4n) is 1.81. The van der Waals surface area contributed by atoms with Crippen molar-refractivity contribution >= 4 is 39.7 Å². The molecule has 1 aromatic rings. The summed E-state index contributed by atoms with van der Waals surface area (Å²) in [4.78, 5) is 13.7. The van der Waals surface area contributed by atoms with E-state index in [0.29, 0.717) is 17.1 Å². The SMILES string of the molecule is CCCCCNc1sc(C(=O)NCCC)c(N)c1SC. The van der Waals surface area contributed by atoms with Gasteiger partial charge in [-0.05, 0) is 19.1 Å². The maximum Gasteiger partial charge on any atom is 0.263 e. The molecule has 1 rings (SSSR count). The topological polar surface area (TPSA) is 67.2 Å². The molecule has 0 saturated heterocycles. The zero-order chi connectivity index (χ0) is 15.0. The van der Waals surface area contributed by atoms with E-state index in [1.54, 1.807) is 11.8 Å². The van der Waals surface area contributed by atoms with E-state index in [2.05, 4.69) is 17.6 Å². The first-order valence-electron chi connectivity index (χ1n) is 7.13. The van der Waals surface area contributed by atoms with E-state index >= 15 is 0 Å². The normalized spacial score (nSPS) is 10.6. The summed E-state index contributed by atoms with van der Waals surface area (Å²) >= 11 is 3.05. The number of carbonyl (C=O) groups excluding carboxylic acids is 1. The maximum absolute atomic E-state index is 12.1. The van der Waals surface area contributed by atoms with E-state index in [1.165, 1.54) is 24.2 Å². The van der Waals surface area contributed by atoms with Gasteiger partial charge in [-0.2, -0.15) is 0 Å². The van der Waals surface area contributed by atoms with Crippen molar-refractivity contribution in [1.29, 1.82) is 0 Å². The summed E-state index contributed by atoms with van der Waals surface area (Å²) in [5, 5.41) is 7.31. The minimum absolute atomic E-state index is 0.0636. The Morgan fingerprint density at radius 1 is 1.25 bits per heavy atom. The second kappa shape index (κ2) is 9.13. The van der Waals surface area contributed by atoms with Gasteiger partial charge in [0.25, 0.3) is 5.91 Å². The summed E-state index contributed by atoms with van der Waals surface area (Å²) in [7, 11) is 0. The highest BCUT2D eigenvalue weighted by Crippen LogP contribution is 2.41. The lowest BCUT2D eigenvalue weighted by Crippen LogP contribution is -2.23. The molecule has 4 N–H and O–H groups in total. The van der Waals surface area contributed by atoms with E-state index in [4.69, 9.17) is 5.73 Å². The van der Waals surface area contributed by atoms with Gasteiger partial charge < -0.3 is 16.4 Å². The van der Waals surface area contributed by atoms with E-state index in [0.717, 1.165) is 29.3 Å². The zero-order valence-electron chi connectivity index (χ0n) is 12.5. The Hall–Kier alpha value is -0.880. The predicted molar refractivity (Wildman–Crippen MR) is 91.2 cm³/mol. The Kier molecular flexibility index (Phi) is 7.84. The molecule has 114 valence electrons. The van der Waals surface area contributed by atoms with E-state index in [9.17, 15) is 4.79 Å². The minimum atomic E-state index is -0.0636. The van der Waals surface area contributed by atoms with Crippen molar-refractivity contribution in [3.8, 4) is 0 Å². The van der Waals surface area contributed by atoms with E-state index in [-0.39, 0.29) is 5.91 Å². The lowest BCUT2D eigenvalue weighted by molar-refractivity contribution is 0.0958. The Bertz CT molecular complexity index is 432. The quantitative estimate of drug-likeness (QED) is 0.479. The van der Waals surface area contributed by atoms with Crippen LogP contribution in [0.15, 0.2) is 4.90 Å². The number of unbranched alkanes of at least 4 members (excludes halogenated alkanes) is 2. The molecule has 4 nitrogen and oxygen atoms in total. The van der Waals surface area contributed by atoms with Crippen molar-refractivity contribution in [3.63, 3.8) is 0 Å².